The van der Waals surface area contributed by atoms with Crippen LogP contribution in [-0.2, 0) is 33.8 Å². The molecule has 0 fully saturated rings. The van der Waals surface area contributed by atoms with Crippen LogP contribution in [0.3, 0.4) is 0 Å². The van der Waals surface area contributed by atoms with E-state index in [0.717, 1.165) is 135 Å². The van der Waals surface area contributed by atoms with Crippen LogP contribution >= 0.6 is 23.5 Å². The SMILES string of the molecule is CCc1cccc(-c2ccc(N)c(-c3c4nc(c(-c5cc(-c6cccc(CSCOC)c6)ccc5N)c5ccc([nH]5)c(-c5cc(-c6cccc(CSCOC)c6)ccc5N)c5nc(c(-c6cc(-c7cccc(CC)c7)ccc6N)c6ccc3[nH]6)C=C5)C=C4)c2)c1. The van der Waals surface area contributed by atoms with E-state index in [1.807, 2.05) is 24.3 Å². The van der Waals surface area contributed by atoms with Gasteiger partial charge >= 0.3 is 0 Å². The van der Waals surface area contributed by atoms with Gasteiger partial charge in [0.15, 0.2) is 0 Å². The van der Waals surface area contributed by atoms with Crippen molar-refractivity contribution in [3.05, 3.63) is 239 Å². The fraction of sp³-hybridized carbons (Fsp3) is 0.128. The van der Waals surface area contributed by atoms with E-state index in [1.165, 1.54) is 22.3 Å². The van der Waals surface area contributed by atoms with Gasteiger partial charge < -0.3 is 42.4 Å². The Bertz CT molecular complexity index is 4510. The summed E-state index contributed by atoms with van der Waals surface area (Å²) in [6.07, 6.45) is 10.2. The molecular weight excluding hydrogens is 1150 g/mol. The number of thioether (sulfide) groups is 2. The minimum Gasteiger partial charge on any atom is -0.398 e. The summed E-state index contributed by atoms with van der Waals surface area (Å²) in [5, 5.41) is 0. The van der Waals surface area contributed by atoms with Crippen LogP contribution in [0.4, 0.5) is 22.7 Å². The standard InChI is InChI=1S/C78H70N8O2S2/c1-5-47-11-7-15-51(35-47)55-19-23-63(79)59(39-55)75-67-27-28-68(83-67)76(60-40-56(20-24-64(60)80)52-16-8-12-48(6-2)36-52)70-30-32-72(85-70)78(62-42-58(22-26-66(62)82)54-18-10-14-50(38-54)44-90-46-88-4)74-34-33-73(86-74)77(71-31-29-69(75)84-71)61-41-57(21-25-65(61)81)53-17-9-13-49(37-53)43-89-45-87-3/h7-42,83,86H,5-6,43-46,79-82H2,1-4H3. The molecule has 0 saturated heterocycles. The summed E-state index contributed by atoms with van der Waals surface area (Å²) in [5.74, 6) is 2.84. The van der Waals surface area contributed by atoms with Gasteiger partial charge in [0.2, 0.25) is 0 Å². The van der Waals surface area contributed by atoms with E-state index in [0.29, 0.717) is 57.4 Å². The Morgan fingerprint density at radius 1 is 0.333 bits per heavy atom. The molecule has 12 heteroatoms. The maximum absolute atomic E-state index is 7.27. The van der Waals surface area contributed by atoms with E-state index >= 15 is 0 Å². The first-order valence-corrected chi connectivity index (χ1v) is 32.6. The summed E-state index contributed by atoms with van der Waals surface area (Å²) in [7, 11) is 3.45. The summed E-state index contributed by atoms with van der Waals surface area (Å²) in [4.78, 5) is 19.3. The number of hydrogen-bond donors (Lipinski definition) is 6. The highest BCUT2D eigenvalue weighted by Crippen LogP contribution is 2.45. The van der Waals surface area contributed by atoms with Crippen LogP contribution in [0.25, 0.3) is 135 Å². The van der Waals surface area contributed by atoms with Crippen molar-refractivity contribution >= 4 is 92.6 Å². The van der Waals surface area contributed by atoms with Crippen molar-refractivity contribution in [2.75, 3.05) is 49.0 Å². The molecule has 8 aromatic carbocycles. The van der Waals surface area contributed by atoms with Crippen molar-refractivity contribution in [1.29, 1.82) is 0 Å². The second-order valence-electron chi connectivity index (χ2n) is 22.7. The van der Waals surface area contributed by atoms with Crippen LogP contribution < -0.4 is 22.9 Å². The second-order valence-corrected chi connectivity index (χ2v) is 24.6. The third-order valence-electron chi connectivity index (χ3n) is 16.8. The van der Waals surface area contributed by atoms with Crippen molar-refractivity contribution in [3.8, 4) is 89.0 Å². The molecule has 2 aliphatic heterocycles. The zero-order chi connectivity index (χ0) is 61.8. The van der Waals surface area contributed by atoms with Gasteiger partial charge in [-0.25, -0.2) is 9.97 Å². The highest BCUT2D eigenvalue weighted by molar-refractivity contribution is 7.98. The van der Waals surface area contributed by atoms with E-state index in [4.69, 9.17) is 42.4 Å². The number of nitrogens with one attached hydrogen (secondary N) is 2. The lowest BCUT2D eigenvalue weighted by atomic mass is 9.95. The zero-order valence-electron chi connectivity index (χ0n) is 50.9. The lowest BCUT2D eigenvalue weighted by Crippen LogP contribution is -1.96. The minimum absolute atomic E-state index is 0.593. The molecule has 8 bridgehead atoms. The summed E-state index contributed by atoms with van der Waals surface area (Å²) in [6, 6.07) is 68.3. The van der Waals surface area contributed by atoms with Crippen LogP contribution in [0.15, 0.2) is 194 Å². The number of benzene rings is 8. The van der Waals surface area contributed by atoms with Gasteiger partial charge in [0.25, 0.3) is 0 Å². The van der Waals surface area contributed by atoms with Crippen molar-refractivity contribution in [1.82, 2.24) is 19.9 Å². The number of aromatic amines is 2. The third kappa shape index (κ3) is 12.1. The number of nitrogens with two attached hydrogens (primary N) is 4. The summed E-state index contributed by atoms with van der Waals surface area (Å²) >= 11 is 3.47. The van der Waals surface area contributed by atoms with Gasteiger partial charge in [-0.15, -0.1) is 23.5 Å². The molecule has 10 nitrogen and oxygen atoms in total. The van der Waals surface area contributed by atoms with Gasteiger partial charge in [-0.05, 0) is 177 Å². The highest BCUT2D eigenvalue weighted by Gasteiger charge is 2.24. The number of rotatable bonds is 18. The minimum atomic E-state index is 0.593. The van der Waals surface area contributed by atoms with E-state index in [9.17, 15) is 0 Å². The quantitative estimate of drug-likeness (QED) is 0.0275. The zero-order valence-corrected chi connectivity index (χ0v) is 52.5. The summed E-state index contributed by atoms with van der Waals surface area (Å²) in [5.41, 5.74) is 57.3. The van der Waals surface area contributed by atoms with Crippen molar-refractivity contribution in [2.24, 2.45) is 0 Å². The molecule has 446 valence electrons. The Morgan fingerprint density at radius 3 is 0.878 bits per heavy atom. The van der Waals surface area contributed by atoms with Crippen LogP contribution in [0, 0.1) is 0 Å². The average Bonchev–Trinajstić information content (AvgIpc) is 1.69. The van der Waals surface area contributed by atoms with Gasteiger partial charge in [-0.3, -0.25) is 0 Å². The molecule has 13 rings (SSSR count). The van der Waals surface area contributed by atoms with Crippen molar-refractivity contribution in [3.63, 3.8) is 0 Å². The van der Waals surface area contributed by atoms with Crippen molar-refractivity contribution < 1.29 is 9.47 Å². The number of H-pyrrole nitrogens is 2. The smallest absolute Gasteiger partial charge is 0.0920 e. The van der Waals surface area contributed by atoms with Crippen LogP contribution in [0.2, 0.25) is 0 Å². The Balaban J connectivity index is 1.13. The predicted molar refractivity (Wildman–Crippen MR) is 385 cm³/mol. The average molecular weight is 1220 g/mol. The largest absolute Gasteiger partial charge is 0.398 e. The number of nitrogens with zero attached hydrogens (tertiary/aromatic N) is 2. The molecular formula is C78H70N8O2S2. The molecule has 5 heterocycles. The maximum Gasteiger partial charge on any atom is 0.0920 e. The second kappa shape index (κ2) is 26.1. The molecule has 10 N–H and O–H groups in total. The first-order chi connectivity index (χ1) is 44.0. The van der Waals surface area contributed by atoms with Gasteiger partial charge in [-0.1, -0.05) is 135 Å². The van der Waals surface area contributed by atoms with Gasteiger partial charge in [0.1, 0.15) is 0 Å². The molecule has 0 spiro atoms. The lowest BCUT2D eigenvalue weighted by Gasteiger charge is -2.13. The molecule has 3 aromatic heterocycles. The van der Waals surface area contributed by atoms with E-state index in [-0.39, 0.29) is 0 Å². The third-order valence-corrected chi connectivity index (χ3v) is 18.7. The molecule has 90 heavy (non-hydrogen) atoms. The Kier molecular flexibility index (Phi) is 17.2. The van der Waals surface area contributed by atoms with Crippen molar-refractivity contribution in [2.45, 2.75) is 38.2 Å². The molecule has 0 saturated carbocycles. The summed E-state index contributed by atoms with van der Waals surface area (Å²) in [6.45, 7) is 4.36. The Labute approximate surface area is 534 Å². The number of ether oxygens (including phenoxy) is 2. The molecule has 0 unspecified atom stereocenters. The van der Waals surface area contributed by atoms with Crippen LogP contribution in [0.5, 0.6) is 0 Å². The van der Waals surface area contributed by atoms with E-state index < -0.39 is 0 Å². The fourth-order valence-corrected chi connectivity index (χ4v) is 13.6. The molecule has 0 radical (unpaired) electrons. The van der Waals surface area contributed by atoms with Gasteiger partial charge in [0, 0.05) is 115 Å². The normalized spacial score (nSPS) is 11.9. The number of nitrogen functional groups attached to an aromatic ring is 4. The van der Waals surface area contributed by atoms with E-state index in [1.54, 1.807) is 37.7 Å². The molecule has 0 atom stereocenters. The lowest BCUT2D eigenvalue weighted by molar-refractivity contribution is 0.258. The fourth-order valence-electron chi connectivity index (χ4n) is 12.3. The predicted octanol–water partition coefficient (Wildman–Crippen LogP) is 19.1. The summed E-state index contributed by atoms with van der Waals surface area (Å²) < 4.78 is 10.8. The van der Waals surface area contributed by atoms with E-state index in [2.05, 4.69) is 218 Å². The van der Waals surface area contributed by atoms with Crippen LogP contribution in [0.1, 0.15) is 58.9 Å². The highest BCUT2D eigenvalue weighted by atomic mass is 32.2. The number of aromatic nitrogens is 4. The van der Waals surface area contributed by atoms with Gasteiger partial charge in [0.05, 0.1) is 34.7 Å². The first kappa shape index (κ1) is 59.2. The topological polar surface area (TPSA) is 180 Å². The number of anilines is 4. The molecule has 0 aliphatic carbocycles. The number of aryl methyl sites for hydroxylation is 2. The number of fused-ring (bicyclic) bond motifs is 8. The maximum atomic E-state index is 7.27. The number of methoxy groups -OCH3 is 2. The molecule has 0 amide bonds. The monoisotopic (exact) mass is 1210 g/mol. The Morgan fingerprint density at radius 2 is 0.600 bits per heavy atom. The Hall–Kier alpha value is -9.82. The molecule has 11 aromatic rings. The number of hydrogen-bond acceptors (Lipinski definition) is 10. The van der Waals surface area contributed by atoms with Crippen LogP contribution in [-0.4, -0.2) is 46.0 Å². The van der Waals surface area contributed by atoms with Gasteiger partial charge in [-0.2, -0.15) is 0 Å². The molecule has 2 aliphatic rings. The first-order valence-electron chi connectivity index (χ1n) is 30.3.